The molecule has 0 aliphatic heterocycles. The van der Waals surface area contributed by atoms with Gasteiger partial charge in [-0.2, -0.15) is 10.4 Å². The molecule has 4 heteroatoms. The lowest BCUT2D eigenvalue weighted by Crippen LogP contribution is -2.48. The standard InChI is InChI=1S/C26H39N3O/c1-26-12-9-23-22-6-3-18(17-30-2)15-19(22)4-7-24(23)25(26)8-5-20(26)11-14-29-21(16-27)10-13-28-29/h10,13,18-20,22-25H,3-9,11-12,14-15,17H2,1-2H3/t18-,19+,20+,22-,23?,24+,25?,26+/m0/s1. The highest BCUT2D eigenvalue weighted by atomic mass is 16.5. The Kier molecular flexibility index (Phi) is 5.69. The predicted molar refractivity (Wildman–Crippen MR) is 118 cm³/mol. The van der Waals surface area contributed by atoms with Gasteiger partial charge in [-0.25, -0.2) is 0 Å². The first kappa shape index (κ1) is 20.6. The van der Waals surface area contributed by atoms with E-state index in [-0.39, 0.29) is 0 Å². The molecule has 0 N–H and O–H groups in total. The van der Waals surface area contributed by atoms with Crippen molar-refractivity contribution in [3.05, 3.63) is 18.0 Å². The summed E-state index contributed by atoms with van der Waals surface area (Å²) in [6.45, 7) is 4.51. The number of nitriles is 1. The summed E-state index contributed by atoms with van der Waals surface area (Å²) in [5.74, 6) is 6.52. The van der Waals surface area contributed by atoms with Crippen molar-refractivity contribution in [2.24, 2.45) is 46.8 Å². The molecule has 4 fully saturated rings. The van der Waals surface area contributed by atoms with Gasteiger partial charge in [0.05, 0.1) is 6.20 Å². The number of hydrogen-bond acceptors (Lipinski definition) is 3. The number of methoxy groups -OCH3 is 1. The molecule has 2 unspecified atom stereocenters. The van der Waals surface area contributed by atoms with Crippen LogP contribution in [0.2, 0.25) is 0 Å². The van der Waals surface area contributed by atoms with Crippen LogP contribution in [0.15, 0.2) is 12.3 Å². The van der Waals surface area contributed by atoms with Gasteiger partial charge in [-0.15, -0.1) is 0 Å². The molecule has 1 heterocycles. The summed E-state index contributed by atoms with van der Waals surface area (Å²) in [5, 5.41) is 13.7. The van der Waals surface area contributed by atoms with Crippen molar-refractivity contribution in [3.8, 4) is 6.07 Å². The summed E-state index contributed by atoms with van der Waals surface area (Å²) >= 11 is 0. The largest absolute Gasteiger partial charge is 0.384 e. The van der Waals surface area contributed by atoms with Crippen molar-refractivity contribution >= 4 is 0 Å². The Labute approximate surface area is 182 Å². The Morgan fingerprint density at radius 3 is 2.83 bits per heavy atom. The molecule has 8 atom stereocenters. The van der Waals surface area contributed by atoms with Gasteiger partial charge in [0.1, 0.15) is 11.8 Å². The minimum Gasteiger partial charge on any atom is -0.384 e. The first-order chi connectivity index (χ1) is 14.6. The maximum Gasteiger partial charge on any atom is 0.138 e. The minimum atomic E-state index is 0.515. The highest BCUT2D eigenvalue weighted by Crippen LogP contribution is 2.65. The van der Waals surface area contributed by atoms with Gasteiger partial charge in [0.25, 0.3) is 0 Å². The SMILES string of the molecule is COC[C@H]1CC[C@@H]2C3CC[C@@]4(C)C(CC[C@@H]4CCn4nccc4C#N)[C@@H]3CC[C@@H]2C1. The molecule has 0 spiro atoms. The number of aryl methyl sites for hydroxylation is 1. The third-order valence-corrected chi connectivity index (χ3v) is 10.2. The maximum absolute atomic E-state index is 9.29. The first-order valence-corrected chi connectivity index (χ1v) is 12.5. The molecule has 164 valence electrons. The van der Waals surface area contributed by atoms with E-state index < -0.39 is 0 Å². The summed E-state index contributed by atoms with van der Waals surface area (Å²) in [6, 6.07) is 4.12. The number of fused-ring (bicyclic) bond motifs is 5. The average molecular weight is 410 g/mol. The highest BCUT2D eigenvalue weighted by molar-refractivity contribution is 5.18. The third kappa shape index (κ3) is 3.42. The van der Waals surface area contributed by atoms with Gasteiger partial charge in [0.15, 0.2) is 0 Å². The molecule has 0 bridgehead atoms. The van der Waals surface area contributed by atoms with Gasteiger partial charge in [-0.05, 0) is 117 Å². The van der Waals surface area contributed by atoms with Crippen molar-refractivity contribution in [1.82, 2.24) is 9.78 Å². The second-order valence-electron chi connectivity index (χ2n) is 11.2. The van der Waals surface area contributed by atoms with E-state index in [4.69, 9.17) is 4.74 Å². The smallest absolute Gasteiger partial charge is 0.138 e. The van der Waals surface area contributed by atoms with Crippen LogP contribution >= 0.6 is 0 Å². The zero-order valence-corrected chi connectivity index (χ0v) is 18.9. The molecule has 1 aromatic rings. The van der Waals surface area contributed by atoms with Gasteiger partial charge in [0, 0.05) is 20.3 Å². The van der Waals surface area contributed by atoms with Crippen LogP contribution in [0, 0.1) is 58.2 Å². The quantitative estimate of drug-likeness (QED) is 0.629. The van der Waals surface area contributed by atoms with Crippen molar-refractivity contribution in [1.29, 1.82) is 5.26 Å². The average Bonchev–Trinajstić information content (AvgIpc) is 3.35. The topological polar surface area (TPSA) is 50.8 Å². The van der Waals surface area contributed by atoms with E-state index in [1.165, 1.54) is 64.2 Å². The van der Waals surface area contributed by atoms with Gasteiger partial charge >= 0.3 is 0 Å². The number of aromatic nitrogens is 2. The number of ether oxygens (including phenoxy) is 1. The number of nitrogens with zero attached hydrogens (tertiary/aromatic N) is 3. The Balaban J connectivity index is 1.25. The molecule has 0 saturated heterocycles. The van der Waals surface area contributed by atoms with Crippen molar-refractivity contribution in [3.63, 3.8) is 0 Å². The van der Waals surface area contributed by atoms with Crippen molar-refractivity contribution < 1.29 is 4.74 Å². The lowest BCUT2D eigenvalue weighted by atomic mass is 9.49. The van der Waals surface area contributed by atoms with Gasteiger partial charge < -0.3 is 4.74 Å². The van der Waals surface area contributed by atoms with Gasteiger partial charge in [0.2, 0.25) is 0 Å². The summed E-state index contributed by atoms with van der Waals surface area (Å²) in [5.41, 5.74) is 1.22. The van der Waals surface area contributed by atoms with E-state index in [0.717, 1.165) is 54.6 Å². The zero-order chi connectivity index (χ0) is 20.7. The Hall–Kier alpha value is -1.34. The molecule has 0 aromatic carbocycles. The fourth-order valence-electron chi connectivity index (χ4n) is 8.80. The van der Waals surface area contributed by atoms with Crippen LogP contribution in [-0.2, 0) is 11.3 Å². The minimum absolute atomic E-state index is 0.515. The molecule has 1 aromatic heterocycles. The fourth-order valence-corrected chi connectivity index (χ4v) is 8.80. The summed E-state index contributed by atoms with van der Waals surface area (Å²) in [4.78, 5) is 0. The zero-order valence-electron chi connectivity index (χ0n) is 18.9. The lowest BCUT2D eigenvalue weighted by molar-refractivity contribution is -0.0727. The molecule has 0 radical (unpaired) electrons. The molecule has 30 heavy (non-hydrogen) atoms. The fraction of sp³-hybridized carbons (Fsp3) is 0.846. The molecule has 4 aliphatic rings. The van der Waals surface area contributed by atoms with Crippen LogP contribution in [0.1, 0.15) is 76.8 Å². The maximum atomic E-state index is 9.29. The number of hydrogen-bond donors (Lipinski definition) is 0. The Morgan fingerprint density at radius 2 is 2.00 bits per heavy atom. The second-order valence-corrected chi connectivity index (χ2v) is 11.2. The first-order valence-electron chi connectivity index (χ1n) is 12.5. The molecule has 4 aliphatic carbocycles. The van der Waals surface area contributed by atoms with Crippen LogP contribution < -0.4 is 0 Å². The number of rotatable bonds is 5. The van der Waals surface area contributed by atoms with Crippen LogP contribution in [0.25, 0.3) is 0 Å². The van der Waals surface area contributed by atoms with Crippen LogP contribution in [0.5, 0.6) is 0 Å². The van der Waals surface area contributed by atoms with E-state index >= 15 is 0 Å². The predicted octanol–water partition coefficient (Wildman–Crippen LogP) is 5.68. The van der Waals surface area contributed by atoms with Crippen molar-refractivity contribution in [2.75, 3.05) is 13.7 Å². The third-order valence-electron chi connectivity index (χ3n) is 10.2. The lowest BCUT2D eigenvalue weighted by Gasteiger charge is -2.56. The van der Waals surface area contributed by atoms with Crippen LogP contribution in [0.3, 0.4) is 0 Å². The van der Waals surface area contributed by atoms with E-state index in [9.17, 15) is 5.26 Å². The van der Waals surface area contributed by atoms with Crippen LogP contribution in [-0.4, -0.2) is 23.5 Å². The van der Waals surface area contributed by atoms with Crippen molar-refractivity contribution in [2.45, 2.75) is 77.7 Å². The van der Waals surface area contributed by atoms with Gasteiger partial charge in [-0.3, -0.25) is 4.68 Å². The molecule has 4 saturated carbocycles. The molecule has 5 rings (SSSR count). The van der Waals surface area contributed by atoms with E-state index in [1.54, 1.807) is 6.20 Å². The molecule has 4 nitrogen and oxygen atoms in total. The Bertz CT molecular complexity index is 781. The highest BCUT2D eigenvalue weighted by Gasteiger charge is 2.56. The summed E-state index contributed by atoms with van der Waals surface area (Å²) < 4.78 is 7.41. The van der Waals surface area contributed by atoms with Gasteiger partial charge in [-0.1, -0.05) is 6.92 Å². The van der Waals surface area contributed by atoms with E-state index in [0.29, 0.717) is 11.1 Å². The summed E-state index contributed by atoms with van der Waals surface area (Å²) in [7, 11) is 1.87. The summed E-state index contributed by atoms with van der Waals surface area (Å²) in [6.07, 6.45) is 15.9. The molecular formula is C26H39N3O. The van der Waals surface area contributed by atoms with E-state index in [2.05, 4.69) is 18.1 Å². The monoisotopic (exact) mass is 409 g/mol. The molecule has 0 amide bonds. The Morgan fingerprint density at radius 1 is 1.13 bits per heavy atom. The normalized spacial score (nSPS) is 42.8. The van der Waals surface area contributed by atoms with E-state index in [1.807, 2.05) is 17.9 Å². The van der Waals surface area contributed by atoms with Crippen LogP contribution in [0.4, 0.5) is 0 Å². The second kappa shape index (κ2) is 8.30. The molecular weight excluding hydrogens is 370 g/mol.